The Morgan fingerprint density at radius 3 is 2.24 bits per heavy atom. The van der Waals surface area contributed by atoms with E-state index in [-0.39, 0.29) is 30.1 Å². The number of nitrogens with one attached hydrogen (secondary N) is 2. The van der Waals surface area contributed by atoms with Gasteiger partial charge in [0.2, 0.25) is 12.1 Å². The quantitative estimate of drug-likeness (QED) is 0.364. The number of benzodiazepines with no additional fused rings is 1. The van der Waals surface area contributed by atoms with Crippen LogP contribution in [-0.2, 0) is 20.8 Å². The van der Waals surface area contributed by atoms with E-state index < -0.39 is 29.9 Å². The molecule has 10 nitrogen and oxygen atoms in total. The number of nitrogens with zero attached hydrogens (tertiary/aromatic N) is 3. The van der Waals surface area contributed by atoms with Crippen LogP contribution in [0.3, 0.4) is 0 Å². The van der Waals surface area contributed by atoms with Crippen LogP contribution in [0.1, 0.15) is 42.4 Å². The van der Waals surface area contributed by atoms with Gasteiger partial charge in [0.15, 0.2) is 0 Å². The highest BCUT2D eigenvalue weighted by molar-refractivity contribution is 6.21. The number of hydrogen-bond donors (Lipinski definition) is 3. The highest BCUT2D eigenvalue weighted by atomic mass is 19.1. The zero-order valence-corrected chi connectivity index (χ0v) is 24.6. The largest absolute Gasteiger partial charge is 0.481 e. The topological polar surface area (TPSA) is 131 Å². The second-order valence-corrected chi connectivity index (χ2v) is 11.9. The second-order valence-electron chi connectivity index (χ2n) is 11.9. The molecule has 7 rings (SSSR count). The Labute approximate surface area is 259 Å². The van der Waals surface area contributed by atoms with Crippen molar-refractivity contribution in [3.8, 4) is 0 Å². The summed E-state index contributed by atoms with van der Waals surface area (Å²) >= 11 is 0. The minimum atomic E-state index is -1.50. The van der Waals surface area contributed by atoms with Crippen molar-refractivity contribution in [3.05, 3.63) is 95.3 Å². The van der Waals surface area contributed by atoms with Gasteiger partial charge in [0, 0.05) is 29.9 Å². The number of urea groups is 1. The Bertz CT molecular complexity index is 1650. The number of fused-ring (bicyclic) bond motifs is 5. The molecule has 2 saturated heterocycles. The van der Waals surface area contributed by atoms with E-state index in [4.69, 9.17) is 5.11 Å². The molecule has 1 atom stereocenters. The van der Waals surface area contributed by atoms with Crippen molar-refractivity contribution in [2.75, 3.05) is 29.9 Å². The zero-order valence-electron chi connectivity index (χ0n) is 24.6. The molecule has 3 fully saturated rings. The summed E-state index contributed by atoms with van der Waals surface area (Å²) in [5.41, 5.74) is 1.94. The Hall–Kier alpha value is -5.06. The fraction of sp³-hybridized carbons (Fsp3) is 0.324. The maximum atomic E-state index is 15.2. The first-order valence-electron chi connectivity index (χ1n) is 15.1. The third-order valence-corrected chi connectivity index (χ3v) is 8.71. The normalized spacial score (nSPS) is 20.9. The van der Waals surface area contributed by atoms with Gasteiger partial charge in [0.1, 0.15) is 12.4 Å². The zero-order chi connectivity index (χ0) is 31.5. The number of aliphatic carboxylic acids is 1. The molecule has 3 N–H and O–H groups in total. The van der Waals surface area contributed by atoms with Crippen LogP contribution in [0.25, 0.3) is 0 Å². The van der Waals surface area contributed by atoms with Crippen molar-refractivity contribution >= 4 is 40.9 Å². The van der Waals surface area contributed by atoms with Crippen LogP contribution in [-0.4, -0.2) is 65.3 Å². The fourth-order valence-corrected chi connectivity index (χ4v) is 6.51. The molecule has 45 heavy (non-hydrogen) atoms. The van der Waals surface area contributed by atoms with Crippen LogP contribution in [0, 0.1) is 17.7 Å². The van der Waals surface area contributed by atoms with E-state index in [2.05, 4.69) is 15.6 Å². The summed E-state index contributed by atoms with van der Waals surface area (Å²) in [6.07, 6.45) is 2.66. The lowest BCUT2D eigenvalue weighted by molar-refractivity contribution is -0.136. The Morgan fingerprint density at radius 2 is 1.56 bits per heavy atom. The molecule has 0 aromatic heterocycles. The van der Waals surface area contributed by atoms with Gasteiger partial charge in [-0.25, -0.2) is 14.2 Å². The fourth-order valence-electron chi connectivity index (χ4n) is 6.51. The van der Waals surface area contributed by atoms with Crippen molar-refractivity contribution in [1.82, 2.24) is 10.2 Å². The number of amides is 4. The van der Waals surface area contributed by atoms with Crippen molar-refractivity contribution in [3.63, 3.8) is 0 Å². The van der Waals surface area contributed by atoms with E-state index in [0.29, 0.717) is 47.4 Å². The lowest BCUT2D eigenvalue weighted by Gasteiger charge is -2.29. The van der Waals surface area contributed by atoms with Crippen LogP contribution in [0.15, 0.2) is 77.8 Å². The molecule has 4 amide bonds. The van der Waals surface area contributed by atoms with Crippen molar-refractivity contribution in [1.29, 1.82) is 0 Å². The van der Waals surface area contributed by atoms with Crippen LogP contribution in [0.4, 0.5) is 20.6 Å². The average Bonchev–Trinajstić information content (AvgIpc) is 3.40. The summed E-state index contributed by atoms with van der Waals surface area (Å²) < 4.78 is 15.2. The van der Waals surface area contributed by atoms with E-state index in [9.17, 15) is 19.2 Å². The monoisotopic (exact) mass is 611 g/mol. The maximum Gasteiger partial charge on any atom is 0.321 e. The standard InChI is InChI=1S/C34H34FN5O5/c35-27-10-3-1-8-25(27)31-26-9-2-4-11-28(26)40(20-29(41)39-18-21-12-13-22(19-39)15-14-21)33(44)32(37-31)38-34(45)36-24-7-5-6-23(16-24)17-30(42)43/h1-11,16,21-22,32H,12-15,17-20H2,(H,42,43)(H2,36,38,45). The molecule has 4 aliphatic rings. The number of hydrogen-bond acceptors (Lipinski definition) is 5. The van der Waals surface area contributed by atoms with Crippen LogP contribution in [0.2, 0.25) is 0 Å². The number of halogens is 1. The summed E-state index contributed by atoms with van der Waals surface area (Å²) in [5.74, 6) is -1.51. The molecule has 1 saturated carbocycles. The van der Waals surface area contributed by atoms with Gasteiger partial charge in [-0.3, -0.25) is 19.3 Å². The van der Waals surface area contributed by atoms with E-state index >= 15 is 4.39 Å². The van der Waals surface area contributed by atoms with Crippen LogP contribution in [0.5, 0.6) is 0 Å². The number of carboxylic acid groups (broad SMARTS) is 1. The average molecular weight is 612 g/mol. The van der Waals surface area contributed by atoms with Crippen molar-refractivity contribution < 1.29 is 28.7 Å². The number of carbonyl (C=O) groups is 4. The SMILES string of the molecule is O=C(O)Cc1cccc(NC(=O)NC2N=C(c3ccccc3F)c3ccccc3N(CC(=O)N3CC4CCC(CC4)C3)C2=O)c1. The van der Waals surface area contributed by atoms with Crippen LogP contribution >= 0.6 is 0 Å². The smallest absolute Gasteiger partial charge is 0.321 e. The number of aliphatic imine (C=N–C) groups is 1. The van der Waals surface area contributed by atoms with Gasteiger partial charge in [0.25, 0.3) is 5.91 Å². The van der Waals surface area contributed by atoms with Gasteiger partial charge in [-0.1, -0.05) is 42.5 Å². The van der Waals surface area contributed by atoms with Gasteiger partial charge >= 0.3 is 12.0 Å². The molecule has 3 aromatic carbocycles. The molecule has 3 aliphatic heterocycles. The molecule has 2 bridgehead atoms. The highest BCUT2D eigenvalue weighted by Gasteiger charge is 2.37. The van der Waals surface area contributed by atoms with Crippen molar-refractivity contribution in [2.24, 2.45) is 16.8 Å². The third kappa shape index (κ3) is 6.72. The number of carbonyl (C=O) groups excluding carboxylic acids is 3. The molecule has 1 unspecified atom stereocenters. The third-order valence-electron chi connectivity index (χ3n) is 8.71. The number of benzene rings is 3. The van der Waals surface area contributed by atoms with Gasteiger partial charge in [-0.05, 0) is 73.4 Å². The van der Waals surface area contributed by atoms with Gasteiger partial charge in [-0.15, -0.1) is 0 Å². The first kappa shape index (κ1) is 30.0. The van der Waals surface area contributed by atoms with E-state index in [1.807, 2.05) is 4.90 Å². The molecule has 3 heterocycles. The molecule has 232 valence electrons. The van der Waals surface area contributed by atoms with Gasteiger partial charge in [-0.2, -0.15) is 0 Å². The van der Waals surface area contributed by atoms with Gasteiger partial charge < -0.3 is 20.6 Å². The van der Waals surface area contributed by atoms with Crippen molar-refractivity contribution in [2.45, 2.75) is 38.3 Å². The highest BCUT2D eigenvalue weighted by Crippen LogP contribution is 2.34. The lowest BCUT2D eigenvalue weighted by Crippen LogP contribution is -2.51. The summed E-state index contributed by atoms with van der Waals surface area (Å²) in [5, 5.41) is 14.4. The predicted molar refractivity (Wildman–Crippen MR) is 167 cm³/mol. The molecular formula is C34H34FN5O5. The second kappa shape index (κ2) is 12.9. The summed E-state index contributed by atoms with van der Waals surface area (Å²) in [4.78, 5) is 60.1. The molecule has 1 aliphatic carbocycles. The summed E-state index contributed by atoms with van der Waals surface area (Å²) in [7, 11) is 0. The first-order chi connectivity index (χ1) is 21.7. The molecule has 0 radical (unpaired) electrons. The van der Waals surface area contributed by atoms with Gasteiger partial charge in [0.05, 0.1) is 17.8 Å². The number of rotatable bonds is 7. The van der Waals surface area contributed by atoms with Crippen LogP contribution < -0.4 is 15.5 Å². The van der Waals surface area contributed by atoms with E-state index in [1.165, 1.54) is 17.0 Å². The Morgan fingerprint density at radius 1 is 0.889 bits per heavy atom. The Balaban J connectivity index is 1.33. The summed E-state index contributed by atoms with van der Waals surface area (Å²) in [6.45, 7) is 1.05. The Kier molecular flexibility index (Phi) is 8.59. The first-order valence-corrected chi connectivity index (χ1v) is 15.1. The lowest BCUT2D eigenvalue weighted by atomic mass is 9.84. The molecule has 0 spiro atoms. The minimum Gasteiger partial charge on any atom is -0.481 e. The molecular weight excluding hydrogens is 577 g/mol. The predicted octanol–water partition coefficient (Wildman–Crippen LogP) is 4.43. The summed E-state index contributed by atoms with van der Waals surface area (Å²) in [6, 6.07) is 18.5. The molecule has 3 aromatic rings. The number of para-hydroxylation sites is 1. The van der Waals surface area contributed by atoms with E-state index in [0.717, 1.165) is 25.7 Å². The maximum absolute atomic E-state index is 15.2. The number of anilines is 2. The van der Waals surface area contributed by atoms with E-state index in [1.54, 1.807) is 60.7 Å². The molecule has 11 heteroatoms. The minimum absolute atomic E-state index is 0.142. The number of carboxylic acids is 1.